The van der Waals surface area contributed by atoms with Gasteiger partial charge in [0.15, 0.2) is 0 Å². The third-order valence-electron chi connectivity index (χ3n) is 4.55. The Kier molecular flexibility index (Phi) is 2.49. The summed E-state index contributed by atoms with van der Waals surface area (Å²) in [5, 5.41) is 4.14. The van der Waals surface area contributed by atoms with Crippen LogP contribution >= 0.6 is 11.3 Å². The Labute approximate surface area is 111 Å². The molecule has 0 unspecified atom stereocenters. The first kappa shape index (κ1) is 11.0. The minimum Gasteiger partial charge on any atom is -0.311 e. The molecule has 2 atom stereocenters. The first-order valence-corrected chi connectivity index (χ1v) is 7.81. The molecule has 0 bridgehead atoms. The molecule has 96 valence electrons. The maximum Gasteiger partial charge on any atom is 0.231 e. The van der Waals surface area contributed by atoms with Crippen LogP contribution in [0.2, 0.25) is 0 Å². The van der Waals surface area contributed by atoms with E-state index in [0.717, 1.165) is 31.2 Å². The number of thiophene rings is 1. The third kappa shape index (κ3) is 1.79. The smallest absolute Gasteiger partial charge is 0.231 e. The minimum atomic E-state index is 0.267. The maximum absolute atomic E-state index is 12.4. The van der Waals surface area contributed by atoms with E-state index in [1.54, 1.807) is 11.3 Å². The lowest BCUT2D eigenvalue weighted by Gasteiger charge is -2.20. The molecule has 3 heterocycles. The molecule has 1 saturated carbocycles. The van der Waals surface area contributed by atoms with Crippen molar-refractivity contribution in [3.8, 4) is 0 Å². The Morgan fingerprint density at radius 3 is 2.83 bits per heavy atom. The summed E-state index contributed by atoms with van der Waals surface area (Å²) < 4.78 is 0. The van der Waals surface area contributed by atoms with Gasteiger partial charge in [0.05, 0.1) is 11.6 Å². The number of carbonyl (C=O) groups excluding carboxylic acids is 1. The Bertz CT molecular complexity index is 454. The van der Waals surface area contributed by atoms with Gasteiger partial charge in [0.1, 0.15) is 0 Å². The topological polar surface area (TPSA) is 23.6 Å². The van der Waals surface area contributed by atoms with Gasteiger partial charge in [-0.3, -0.25) is 4.79 Å². The van der Waals surface area contributed by atoms with Crippen molar-refractivity contribution in [3.05, 3.63) is 16.8 Å². The molecule has 0 spiro atoms. The normalized spacial score (nSPS) is 32.2. The number of amides is 1. The molecule has 1 aromatic heterocycles. The van der Waals surface area contributed by atoms with Gasteiger partial charge in [0.25, 0.3) is 0 Å². The Hall–Kier alpha value is -0.870. The second kappa shape index (κ2) is 4.07. The summed E-state index contributed by atoms with van der Waals surface area (Å²) in [5.74, 6) is 2.13. The summed E-state index contributed by atoms with van der Waals surface area (Å²) in [6.45, 7) is 4.30. The van der Waals surface area contributed by atoms with E-state index in [2.05, 4.69) is 21.7 Å². The number of rotatable bonds is 3. The highest BCUT2D eigenvalue weighted by Gasteiger charge is 2.47. The van der Waals surface area contributed by atoms with Crippen molar-refractivity contribution in [1.82, 2.24) is 4.90 Å². The number of hydrogen-bond acceptors (Lipinski definition) is 3. The molecular weight excluding hydrogens is 244 g/mol. The van der Waals surface area contributed by atoms with Gasteiger partial charge < -0.3 is 9.80 Å². The number of nitrogens with zero attached hydrogens (tertiary/aromatic N) is 2. The Morgan fingerprint density at radius 1 is 1.28 bits per heavy atom. The molecular formula is C14H18N2OS. The number of anilines is 1. The molecule has 0 radical (unpaired) electrons. The second-order valence-electron chi connectivity index (χ2n) is 5.96. The van der Waals surface area contributed by atoms with E-state index >= 15 is 0 Å². The fourth-order valence-corrected chi connectivity index (χ4v) is 4.05. The van der Waals surface area contributed by atoms with Crippen LogP contribution in [0.1, 0.15) is 12.8 Å². The maximum atomic E-state index is 12.4. The predicted octanol–water partition coefficient (Wildman–Crippen LogP) is 2.05. The van der Waals surface area contributed by atoms with Crippen LogP contribution in [-0.4, -0.2) is 37.0 Å². The molecule has 3 fully saturated rings. The average Bonchev–Trinajstić information content (AvgIpc) is 2.79. The number of fused-ring (bicyclic) bond motifs is 1. The average molecular weight is 262 g/mol. The highest BCUT2D eigenvalue weighted by Crippen LogP contribution is 2.38. The molecule has 1 aromatic rings. The molecule has 2 aliphatic heterocycles. The fourth-order valence-electron chi connectivity index (χ4n) is 3.41. The van der Waals surface area contributed by atoms with Crippen molar-refractivity contribution in [1.29, 1.82) is 0 Å². The number of carbonyl (C=O) groups is 1. The highest BCUT2D eigenvalue weighted by atomic mass is 32.1. The lowest BCUT2D eigenvalue weighted by atomic mass is 10.0. The van der Waals surface area contributed by atoms with E-state index in [1.165, 1.54) is 19.4 Å². The van der Waals surface area contributed by atoms with E-state index in [1.807, 2.05) is 4.90 Å². The van der Waals surface area contributed by atoms with Crippen molar-refractivity contribution >= 4 is 22.9 Å². The number of likely N-dealkylation sites (tertiary alicyclic amines) is 1. The van der Waals surface area contributed by atoms with E-state index in [9.17, 15) is 4.79 Å². The SMILES string of the molecule is O=C1[C@@H]2CN(CC3CC3)C[C@@H]2CN1c1ccsc1. The molecule has 3 aliphatic rings. The van der Waals surface area contributed by atoms with Crippen molar-refractivity contribution in [2.24, 2.45) is 17.8 Å². The zero-order valence-corrected chi connectivity index (χ0v) is 11.2. The lowest BCUT2D eigenvalue weighted by molar-refractivity contribution is -0.120. The summed E-state index contributed by atoms with van der Waals surface area (Å²) in [4.78, 5) is 17.0. The molecule has 2 saturated heterocycles. The van der Waals surface area contributed by atoms with Gasteiger partial charge in [-0.1, -0.05) is 0 Å². The van der Waals surface area contributed by atoms with Crippen molar-refractivity contribution in [3.63, 3.8) is 0 Å². The van der Waals surface area contributed by atoms with E-state index in [-0.39, 0.29) is 5.92 Å². The predicted molar refractivity (Wildman–Crippen MR) is 72.8 cm³/mol. The lowest BCUT2D eigenvalue weighted by Crippen LogP contribution is -2.33. The summed E-state index contributed by atoms with van der Waals surface area (Å²) in [6, 6.07) is 2.06. The third-order valence-corrected chi connectivity index (χ3v) is 5.22. The molecule has 0 aromatic carbocycles. The van der Waals surface area contributed by atoms with Crippen LogP contribution < -0.4 is 4.90 Å². The molecule has 1 aliphatic carbocycles. The van der Waals surface area contributed by atoms with Gasteiger partial charge in [-0.15, -0.1) is 0 Å². The summed E-state index contributed by atoms with van der Waals surface area (Å²) in [6.07, 6.45) is 2.81. The van der Waals surface area contributed by atoms with E-state index in [4.69, 9.17) is 0 Å². The van der Waals surface area contributed by atoms with Crippen LogP contribution in [0.25, 0.3) is 0 Å². The first-order chi connectivity index (χ1) is 8.81. The van der Waals surface area contributed by atoms with Crippen molar-refractivity contribution in [2.45, 2.75) is 12.8 Å². The van der Waals surface area contributed by atoms with Crippen molar-refractivity contribution < 1.29 is 4.79 Å². The fraction of sp³-hybridized carbons (Fsp3) is 0.643. The van der Waals surface area contributed by atoms with Gasteiger partial charge in [0, 0.05) is 37.5 Å². The van der Waals surface area contributed by atoms with Crippen LogP contribution in [0.3, 0.4) is 0 Å². The minimum absolute atomic E-state index is 0.267. The van der Waals surface area contributed by atoms with Gasteiger partial charge in [-0.2, -0.15) is 11.3 Å². The van der Waals surface area contributed by atoms with Gasteiger partial charge in [-0.05, 0) is 30.2 Å². The van der Waals surface area contributed by atoms with Gasteiger partial charge in [0.2, 0.25) is 5.91 Å². The summed E-state index contributed by atoms with van der Waals surface area (Å²) in [7, 11) is 0. The van der Waals surface area contributed by atoms with Gasteiger partial charge in [-0.25, -0.2) is 0 Å². The highest BCUT2D eigenvalue weighted by molar-refractivity contribution is 7.08. The van der Waals surface area contributed by atoms with Crippen LogP contribution in [0, 0.1) is 17.8 Å². The standard InChI is InChI=1S/C14H18N2OS/c17-14-13-8-15(5-10-1-2-10)6-11(13)7-16(14)12-3-4-18-9-12/h3-4,9-11,13H,1-2,5-8H2/t11-,13-/m1/s1. The van der Waals surface area contributed by atoms with Crippen LogP contribution in [0.4, 0.5) is 5.69 Å². The molecule has 4 rings (SSSR count). The second-order valence-corrected chi connectivity index (χ2v) is 6.74. The largest absolute Gasteiger partial charge is 0.311 e. The zero-order valence-electron chi connectivity index (χ0n) is 10.4. The molecule has 3 nitrogen and oxygen atoms in total. The van der Waals surface area contributed by atoms with E-state index in [0.29, 0.717) is 11.8 Å². The quantitative estimate of drug-likeness (QED) is 0.832. The van der Waals surface area contributed by atoms with Crippen LogP contribution in [-0.2, 0) is 4.79 Å². The molecule has 4 heteroatoms. The van der Waals surface area contributed by atoms with Crippen molar-refractivity contribution in [2.75, 3.05) is 31.1 Å². The Balaban J connectivity index is 1.46. The zero-order chi connectivity index (χ0) is 12.1. The molecule has 18 heavy (non-hydrogen) atoms. The summed E-state index contributed by atoms with van der Waals surface area (Å²) in [5.41, 5.74) is 1.10. The Morgan fingerprint density at radius 2 is 2.17 bits per heavy atom. The summed E-state index contributed by atoms with van der Waals surface area (Å²) >= 11 is 1.67. The molecule has 0 N–H and O–H groups in total. The monoisotopic (exact) mass is 262 g/mol. The number of hydrogen-bond donors (Lipinski definition) is 0. The van der Waals surface area contributed by atoms with Crippen LogP contribution in [0.5, 0.6) is 0 Å². The van der Waals surface area contributed by atoms with E-state index < -0.39 is 0 Å². The van der Waals surface area contributed by atoms with Gasteiger partial charge >= 0.3 is 0 Å². The first-order valence-electron chi connectivity index (χ1n) is 6.87. The van der Waals surface area contributed by atoms with Crippen LogP contribution in [0.15, 0.2) is 16.8 Å². The molecule has 1 amide bonds.